The molecule has 2 aromatic carbocycles. The third-order valence-electron chi connectivity index (χ3n) is 3.78. The van der Waals surface area contributed by atoms with Crippen molar-refractivity contribution in [2.75, 3.05) is 0 Å². The molecule has 0 fully saturated rings. The van der Waals surface area contributed by atoms with E-state index >= 15 is 0 Å². The maximum absolute atomic E-state index is 12.2. The Morgan fingerprint density at radius 2 is 1.75 bits per heavy atom. The lowest BCUT2D eigenvalue weighted by Gasteiger charge is -2.08. The average molecular weight is 325 g/mol. The van der Waals surface area contributed by atoms with Crippen LogP contribution >= 0.6 is 0 Å². The largest absolute Gasteiger partial charge is 0.489 e. The molecule has 4 nitrogen and oxygen atoms in total. The van der Waals surface area contributed by atoms with Crippen LogP contribution in [0.1, 0.15) is 58.9 Å². The van der Waals surface area contributed by atoms with E-state index in [1.54, 1.807) is 24.3 Å². The van der Waals surface area contributed by atoms with Crippen LogP contribution in [0, 0.1) is 0 Å². The molecule has 0 heterocycles. The smallest absolute Gasteiger partial charge is 0.248 e. The summed E-state index contributed by atoms with van der Waals surface area (Å²) in [6.45, 7) is 2.43. The summed E-state index contributed by atoms with van der Waals surface area (Å²) in [5.41, 5.74) is 7.26. The number of ketones is 1. The molecule has 1 amide bonds. The standard InChI is InChI=1S/C20H23NO3/c1-2-3-4-11-19(22)16-8-6-10-18(13-16)24-14-15-7-5-9-17(12-15)20(21)23/h5-10,12-13H,2-4,11,14H2,1H3,(H2,21,23). The molecular weight excluding hydrogens is 302 g/mol. The number of hydrogen-bond donors (Lipinski definition) is 1. The van der Waals surface area contributed by atoms with E-state index in [1.807, 2.05) is 24.3 Å². The van der Waals surface area contributed by atoms with E-state index in [9.17, 15) is 9.59 Å². The lowest BCUT2D eigenvalue weighted by molar-refractivity contribution is 0.0976. The fourth-order valence-corrected chi connectivity index (χ4v) is 2.42. The molecule has 0 atom stereocenters. The van der Waals surface area contributed by atoms with Crippen molar-refractivity contribution in [2.45, 2.75) is 39.2 Å². The molecule has 0 aromatic heterocycles. The Morgan fingerprint density at radius 1 is 1.00 bits per heavy atom. The van der Waals surface area contributed by atoms with Crippen molar-refractivity contribution in [3.63, 3.8) is 0 Å². The number of carbonyl (C=O) groups excluding carboxylic acids is 2. The van der Waals surface area contributed by atoms with Crippen LogP contribution in [-0.2, 0) is 6.61 Å². The van der Waals surface area contributed by atoms with Crippen molar-refractivity contribution in [3.05, 3.63) is 65.2 Å². The lowest BCUT2D eigenvalue weighted by Crippen LogP contribution is -2.11. The maximum Gasteiger partial charge on any atom is 0.248 e. The van der Waals surface area contributed by atoms with Gasteiger partial charge >= 0.3 is 0 Å². The van der Waals surface area contributed by atoms with Gasteiger partial charge in [-0.2, -0.15) is 0 Å². The molecule has 0 radical (unpaired) electrons. The Hall–Kier alpha value is -2.62. The summed E-state index contributed by atoms with van der Waals surface area (Å²) in [6, 6.07) is 14.2. The predicted molar refractivity (Wildman–Crippen MR) is 94.2 cm³/mol. The highest BCUT2D eigenvalue weighted by Crippen LogP contribution is 2.18. The van der Waals surface area contributed by atoms with Crippen molar-refractivity contribution in [1.29, 1.82) is 0 Å². The molecule has 0 aliphatic rings. The second kappa shape index (κ2) is 8.87. The number of primary amides is 1. The van der Waals surface area contributed by atoms with Gasteiger partial charge in [-0.1, -0.05) is 44.0 Å². The van der Waals surface area contributed by atoms with Gasteiger partial charge in [0.15, 0.2) is 5.78 Å². The molecule has 4 heteroatoms. The molecule has 2 rings (SSSR count). The van der Waals surface area contributed by atoms with Crippen molar-refractivity contribution >= 4 is 11.7 Å². The summed E-state index contributed by atoms with van der Waals surface area (Å²) in [5.74, 6) is 0.321. The van der Waals surface area contributed by atoms with Crippen molar-refractivity contribution in [1.82, 2.24) is 0 Å². The number of ether oxygens (including phenoxy) is 1. The van der Waals surface area contributed by atoms with E-state index in [4.69, 9.17) is 10.5 Å². The van der Waals surface area contributed by atoms with Gasteiger partial charge in [0, 0.05) is 17.5 Å². The molecule has 0 unspecified atom stereocenters. The second-order valence-electron chi connectivity index (χ2n) is 5.76. The fraction of sp³-hybridized carbons (Fsp3) is 0.300. The second-order valence-corrected chi connectivity index (χ2v) is 5.76. The van der Waals surface area contributed by atoms with E-state index < -0.39 is 5.91 Å². The van der Waals surface area contributed by atoms with Gasteiger partial charge in [-0.15, -0.1) is 0 Å². The van der Waals surface area contributed by atoms with Crippen LogP contribution in [-0.4, -0.2) is 11.7 Å². The summed E-state index contributed by atoms with van der Waals surface area (Å²) < 4.78 is 5.74. The first-order chi connectivity index (χ1) is 11.6. The van der Waals surface area contributed by atoms with Crippen LogP contribution in [0.5, 0.6) is 5.75 Å². The average Bonchev–Trinajstić information content (AvgIpc) is 2.60. The van der Waals surface area contributed by atoms with E-state index in [0.29, 0.717) is 29.9 Å². The number of carbonyl (C=O) groups is 2. The lowest BCUT2D eigenvalue weighted by atomic mass is 10.0. The molecular formula is C20H23NO3. The quantitative estimate of drug-likeness (QED) is 0.557. The topological polar surface area (TPSA) is 69.4 Å². The summed E-state index contributed by atoms with van der Waals surface area (Å²) >= 11 is 0. The summed E-state index contributed by atoms with van der Waals surface area (Å²) in [6.07, 6.45) is 3.65. The maximum atomic E-state index is 12.2. The van der Waals surface area contributed by atoms with Crippen molar-refractivity contribution in [2.24, 2.45) is 5.73 Å². The third-order valence-corrected chi connectivity index (χ3v) is 3.78. The van der Waals surface area contributed by atoms with Gasteiger partial charge in [-0.25, -0.2) is 0 Å². The molecule has 24 heavy (non-hydrogen) atoms. The van der Waals surface area contributed by atoms with Gasteiger partial charge in [0.1, 0.15) is 12.4 Å². The highest BCUT2D eigenvalue weighted by molar-refractivity contribution is 5.96. The van der Waals surface area contributed by atoms with Crippen LogP contribution in [0.2, 0.25) is 0 Å². The summed E-state index contributed by atoms with van der Waals surface area (Å²) in [4.78, 5) is 23.4. The van der Waals surface area contributed by atoms with Crippen LogP contribution in [0.25, 0.3) is 0 Å². The summed E-state index contributed by atoms with van der Waals surface area (Å²) in [7, 11) is 0. The first-order valence-electron chi connectivity index (χ1n) is 8.25. The number of rotatable bonds is 9. The van der Waals surface area contributed by atoms with E-state index in [0.717, 1.165) is 24.8 Å². The number of amides is 1. The molecule has 0 aliphatic carbocycles. The zero-order chi connectivity index (χ0) is 17.4. The fourth-order valence-electron chi connectivity index (χ4n) is 2.42. The van der Waals surface area contributed by atoms with E-state index in [1.165, 1.54) is 0 Å². The monoisotopic (exact) mass is 325 g/mol. The SMILES string of the molecule is CCCCCC(=O)c1cccc(OCc2cccc(C(N)=O)c2)c1. The first-order valence-corrected chi connectivity index (χ1v) is 8.25. The molecule has 0 aliphatic heterocycles. The first kappa shape index (κ1) is 17.7. The molecule has 2 aromatic rings. The Morgan fingerprint density at radius 3 is 2.50 bits per heavy atom. The molecule has 0 saturated carbocycles. The number of Topliss-reactive ketones (excluding diaryl/α,β-unsaturated/α-hetero) is 1. The van der Waals surface area contributed by atoms with Crippen LogP contribution < -0.4 is 10.5 Å². The number of benzene rings is 2. The van der Waals surface area contributed by atoms with Crippen LogP contribution in [0.3, 0.4) is 0 Å². The molecule has 0 spiro atoms. The summed E-state index contributed by atoms with van der Waals surface area (Å²) in [5, 5.41) is 0. The van der Waals surface area contributed by atoms with Gasteiger partial charge in [-0.3, -0.25) is 9.59 Å². The highest BCUT2D eigenvalue weighted by Gasteiger charge is 2.07. The Bertz CT molecular complexity index is 710. The minimum absolute atomic E-state index is 0.143. The Labute approximate surface area is 142 Å². The minimum Gasteiger partial charge on any atom is -0.489 e. The van der Waals surface area contributed by atoms with Crippen molar-refractivity contribution in [3.8, 4) is 5.75 Å². The van der Waals surface area contributed by atoms with E-state index in [-0.39, 0.29) is 5.78 Å². The van der Waals surface area contributed by atoms with Gasteiger partial charge in [-0.05, 0) is 36.2 Å². The minimum atomic E-state index is -0.462. The predicted octanol–water partition coefficient (Wildman–Crippen LogP) is 4.13. The molecule has 0 saturated heterocycles. The molecule has 126 valence electrons. The third kappa shape index (κ3) is 5.23. The number of hydrogen-bond acceptors (Lipinski definition) is 3. The Kier molecular flexibility index (Phi) is 6.55. The van der Waals surface area contributed by atoms with E-state index in [2.05, 4.69) is 6.92 Å². The normalized spacial score (nSPS) is 10.4. The Balaban J connectivity index is 1.98. The zero-order valence-electron chi connectivity index (χ0n) is 14.0. The van der Waals surface area contributed by atoms with Gasteiger partial charge in [0.25, 0.3) is 0 Å². The van der Waals surface area contributed by atoms with Crippen LogP contribution in [0.4, 0.5) is 0 Å². The molecule has 2 N–H and O–H groups in total. The van der Waals surface area contributed by atoms with Crippen LogP contribution in [0.15, 0.2) is 48.5 Å². The van der Waals surface area contributed by atoms with Gasteiger partial charge < -0.3 is 10.5 Å². The number of unbranched alkanes of at least 4 members (excludes halogenated alkanes) is 2. The zero-order valence-corrected chi connectivity index (χ0v) is 14.0. The van der Waals surface area contributed by atoms with Gasteiger partial charge in [0.2, 0.25) is 5.91 Å². The van der Waals surface area contributed by atoms with Crippen molar-refractivity contribution < 1.29 is 14.3 Å². The highest BCUT2D eigenvalue weighted by atomic mass is 16.5. The van der Waals surface area contributed by atoms with Gasteiger partial charge in [0.05, 0.1) is 0 Å². The molecule has 0 bridgehead atoms. The number of nitrogens with two attached hydrogens (primary N) is 1.